The zero-order valence-electron chi connectivity index (χ0n) is 43.2. The minimum absolute atomic E-state index is 0.0542. The zero-order chi connectivity index (χ0) is 52.2. The fraction of sp³-hybridized carbons (Fsp3) is 0.456. The molecule has 0 unspecified atom stereocenters. The molecule has 18 nitrogen and oxygen atoms in total. The van der Waals surface area contributed by atoms with Crippen molar-refractivity contribution in [2.45, 2.75) is 108 Å². The summed E-state index contributed by atoms with van der Waals surface area (Å²) >= 11 is 0. The number of nitrogens with two attached hydrogens (primary N) is 1. The highest BCUT2D eigenvalue weighted by Gasteiger charge is 2.44. The number of nitrogens with zero attached hydrogens (tertiary/aromatic N) is 9. The number of carbonyl (C=O) groups is 2. The van der Waals surface area contributed by atoms with Crippen LogP contribution in [0.2, 0.25) is 0 Å². The minimum Gasteiger partial charge on any atom is -0.507 e. The van der Waals surface area contributed by atoms with Crippen LogP contribution in [0.25, 0.3) is 34.7 Å². The van der Waals surface area contributed by atoms with Crippen LogP contribution in [0.15, 0.2) is 95.8 Å². The van der Waals surface area contributed by atoms with Gasteiger partial charge in [-0.25, -0.2) is 4.98 Å². The van der Waals surface area contributed by atoms with Crippen LogP contribution < -0.4 is 20.7 Å². The molecule has 0 bridgehead atoms. The van der Waals surface area contributed by atoms with E-state index in [0.717, 1.165) is 99.5 Å². The lowest BCUT2D eigenvalue weighted by atomic mass is 9.91. The van der Waals surface area contributed by atoms with Crippen molar-refractivity contribution in [3.63, 3.8) is 0 Å². The Morgan fingerprint density at radius 3 is 2.39 bits per heavy atom. The number of phenols is 1. The van der Waals surface area contributed by atoms with Gasteiger partial charge in [0.15, 0.2) is 17.4 Å². The monoisotopic (exact) mass is 1020 g/mol. The fourth-order valence-corrected chi connectivity index (χ4v) is 11.0. The van der Waals surface area contributed by atoms with Crippen LogP contribution in [0, 0.1) is 11.8 Å². The van der Waals surface area contributed by atoms with E-state index >= 15 is 0 Å². The van der Waals surface area contributed by atoms with Gasteiger partial charge < -0.3 is 50.0 Å². The average Bonchev–Trinajstić information content (AvgIpc) is 4.17. The Labute approximate surface area is 437 Å². The van der Waals surface area contributed by atoms with Crippen LogP contribution in [0.1, 0.15) is 100 Å². The number of nitrogens with one attached hydrogen (secondary N) is 1. The maximum Gasteiger partial charge on any atom is 0.243 e. The summed E-state index contributed by atoms with van der Waals surface area (Å²) in [5, 5.41) is 41.1. The Morgan fingerprint density at radius 1 is 0.880 bits per heavy atom. The predicted octanol–water partition coefficient (Wildman–Crippen LogP) is 7.27. The Bertz CT molecular complexity index is 2940. The molecule has 1 aliphatic carbocycles. The van der Waals surface area contributed by atoms with Crippen molar-refractivity contribution in [1.29, 1.82) is 0 Å². The largest absolute Gasteiger partial charge is 0.507 e. The maximum absolute atomic E-state index is 14.4. The van der Waals surface area contributed by atoms with Crippen molar-refractivity contribution in [3.05, 3.63) is 114 Å². The van der Waals surface area contributed by atoms with E-state index in [1.807, 2.05) is 99.3 Å². The van der Waals surface area contributed by atoms with Gasteiger partial charge in [0.1, 0.15) is 23.8 Å². The summed E-state index contributed by atoms with van der Waals surface area (Å²) in [5.41, 5.74) is 11.8. The van der Waals surface area contributed by atoms with Crippen LogP contribution in [0.3, 0.4) is 0 Å². The van der Waals surface area contributed by atoms with Crippen molar-refractivity contribution in [2.24, 2.45) is 18.9 Å². The van der Waals surface area contributed by atoms with Gasteiger partial charge in [0.25, 0.3) is 0 Å². The molecule has 1 saturated carbocycles. The molecule has 6 aromatic rings. The molecule has 4 aromatic heterocycles. The van der Waals surface area contributed by atoms with Crippen LogP contribution in [0.5, 0.6) is 11.6 Å². The molecule has 4 aliphatic rings. The molecule has 2 amide bonds. The molecule has 10 rings (SSSR count). The summed E-state index contributed by atoms with van der Waals surface area (Å²) in [5.74, 6) is 1.44. The van der Waals surface area contributed by atoms with Crippen LogP contribution in [-0.4, -0.2) is 132 Å². The van der Waals surface area contributed by atoms with Gasteiger partial charge in [0, 0.05) is 101 Å². The van der Waals surface area contributed by atoms with Crippen molar-refractivity contribution in [1.82, 2.24) is 45.2 Å². The molecule has 0 radical (unpaired) electrons. The van der Waals surface area contributed by atoms with E-state index in [1.54, 1.807) is 36.7 Å². The molecule has 4 fully saturated rings. The third-order valence-corrected chi connectivity index (χ3v) is 15.5. The maximum atomic E-state index is 14.4. The highest BCUT2D eigenvalue weighted by atomic mass is 16.5. The van der Waals surface area contributed by atoms with Gasteiger partial charge in [-0.2, -0.15) is 5.10 Å². The molecule has 0 spiro atoms. The number of pyridine rings is 1. The molecule has 75 heavy (non-hydrogen) atoms. The topological polar surface area (TPSA) is 223 Å². The number of anilines is 2. The van der Waals surface area contributed by atoms with Gasteiger partial charge in [0.05, 0.1) is 35.7 Å². The lowest BCUT2D eigenvalue weighted by molar-refractivity contribution is -0.141. The quantitative estimate of drug-likeness (QED) is 0.0705. The number of hydrogen-bond acceptors (Lipinski definition) is 15. The number of aromatic hydroxyl groups is 1. The van der Waals surface area contributed by atoms with Crippen LogP contribution in [0.4, 0.5) is 11.6 Å². The smallest absolute Gasteiger partial charge is 0.243 e. The number of amides is 2. The summed E-state index contributed by atoms with van der Waals surface area (Å²) in [4.78, 5) is 39.0. The molecular formula is C57H69N11O7. The summed E-state index contributed by atoms with van der Waals surface area (Å²) in [7, 11) is 1.90. The third kappa shape index (κ3) is 12.0. The Balaban J connectivity index is 0.642. The summed E-state index contributed by atoms with van der Waals surface area (Å²) < 4.78 is 20.6. The predicted molar refractivity (Wildman–Crippen MR) is 285 cm³/mol. The second-order valence-corrected chi connectivity index (χ2v) is 21.1. The van der Waals surface area contributed by atoms with Crippen molar-refractivity contribution in [2.75, 3.05) is 49.9 Å². The highest BCUT2D eigenvalue weighted by Crippen LogP contribution is 2.36. The molecule has 18 heteroatoms. The van der Waals surface area contributed by atoms with Gasteiger partial charge in [0.2, 0.25) is 17.7 Å². The van der Waals surface area contributed by atoms with Gasteiger partial charge in [-0.05, 0) is 91.5 Å². The number of benzene rings is 2. The third-order valence-electron chi connectivity index (χ3n) is 15.5. The van der Waals surface area contributed by atoms with Crippen LogP contribution in [-0.2, 0) is 21.4 Å². The molecule has 4 atom stereocenters. The van der Waals surface area contributed by atoms with E-state index in [2.05, 4.69) is 40.6 Å². The van der Waals surface area contributed by atoms with Gasteiger partial charge in [-0.15, -0.1) is 10.2 Å². The number of para-hydroxylation sites is 1. The van der Waals surface area contributed by atoms with Gasteiger partial charge >= 0.3 is 0 Å². The summed E-state index contributed by atoms with van der Waals surface area (Å²) in [6.07, 6.45) is 12.9. The zero-order valence-corrected chi connectivity index (χ0v) is 43.2. The van der Waals surface area contributed by atoms with E-state index in [1.165, 1.54) is 4.90 Å². The Kier molecular flexibility index (Phi) is 15.6. The lowest BCUT2D eigenvalue weighted by Gasteiger charge is -2.41. The number of aliphatic hydroxyl groups is 1. The number of nitrogen functional groups attached to an aromatic ring is 1. The molecule has 3 saturated heterocycles. The molecule has 7 heterocycles. The number of aryl methyl sites for hydroxylation is 1. The Hall–Kier alpha value is -7.15. The fourth-order valence-electron chi connectivity index (χ4n) is 11.0. The molecule has 3 aliphatic heterocycles. The second kappa shape index (κ2) is 22.8. The van der Waals surface area contributed by atoms with E-state index in [-0.39, 0.29) is 60.8 Å². The van der Waals surface area contributed by atoms with Crippen LogP contribution >= 0.6 is 0 Å². The number of ether oxygens (including phenoxy) is 2. The first-order valence-electron chi connectivity index (χ1n) is 26.5. The van der Waals surface area contributed by atoms with E-state index in [0.29, 0.717) is 40.2 Å². The van der Waals surface area contributed by atoms with E-state index in [4.69, 9.17) is 19.7 Å². The number of aromatic nitrogens is 6. The van der Waals surface area contributed by atoms with Crippen molar-refractivity contribution < 1.29 is 33.8 Å². The first-order chi connectivity index (χ1) is 36.3. The average molecular weight is 1020 g/mol. The molecule has 2 aromatic carbocycles. The minimum atomic E-state index is -0.807. The number of hydrogen-bond donors (Lipinski definition) is 4. The van der Waals surface area contributed by atoms with Crippen molar-refractivity contribution >= 4 is 35.6 Å². The highest BCUT2D eigenvalue weighted by molar-refractivity contribution is 5.91. The second-order valence-electron chi connectivity index (χ2n) is 21.1. The molecular weight excluding hydrogens is 951 g/mol. The molecule has 394 valence electrons. The first kappa shape index (κ1) is 51.3. The summed E-state index contributed by atoms with van der Waals surface area (Å²) in [6, 6.07) is 23.3. The SMILES string of the molecule is CC(C)[C@@H](C(=O)N1C[C@H](O)C[C@H]1C(=O)N[C@@H](C)c1ccc(-c2ccnn2C)cc1)c1cc(N2CCC(CN3CCC(OC4CC(Oc5cc(/C=C/c6cc(-c7ccccc7O)nnc6N)ccn5)C4)CC3)CC2)no1. The number of β-amino-alcohol motifs (C(OH)–C–C–N with tert-alkyl or cyclic N) is 1. The Morgan fingerprint density at radius 2 is 1.65 bits per heavy atom. The standard InChI is InChI=1S/C57H69N11O7/c1-35(2)54(57(72)68-34-42(69)29-49(68)56(71)61-36(3)39-11-13-40(14-12-39)48-16-22-60-65(48)4)51-32-52(64-75-51)67-25-17-38(18-26-67)33-66-23-19-43(20-24-66)73-44-30-45(31-44)74-53-27-37(15-21-59-53)9-10-41-28-47(62-63-55(41)58)46-7-5-6-8-50(46)70/h5-16,21-22,27-28,32,35-36,38,42-45,49,54,69-70H,17-20,23-26,29-31,33-34H2,1-4H3,(H2,58,63)(H,61,71)/b10-9+/t36-,42+,44?,45?,49-,54+/m0/s1. The molecule has 5 N–H and O–H groups in total. The number of likely N-dealkylation sites (tertiary alicyclic amines) is 2. The van der Waals surface area contributed by atoms with E-state index in [9.17, 15) is 19.8 Å². The number of piperidine rings is 2. The van der Waals surface area contributed by atoms with Crippen molar-refractivity contribution in [3.8, 4) is 34.1 Å². The number of carbonyl (C=O) groups excluding carboxylic acids is 2. The number of aliphatic hydroxyl groups excluding tert-OH is 1. The normalized spacial score (nSPS) is 21.6. The number of phenolic OH excluding ortho intramolecular Hbond substituents is 1. The summed E-state index contributed by atoms with van der Waals surface area (Å²) in [6.45, 7) is 10.8. The van der Waals surface area contributed by atoms with E-state index < -0.39 is 18.1 Å². The first-order valence-corrected chi connectivity index (χ1v) is 26.5. The lowest BCUT2D eigenvalue weighted by Crippen LogP contribution is -2.48. The van der Waals surface area contributed by atoms with Gasteiger partial charge in [-0.3, -0.25) is 14.3 Å². The number of rotatable bonds is 17. The van der Waals surface area contributed by atoms with Gasteiger partial charge in [-0.1, -0.05) is 67.6 Å².